The molecule has 176 valence electrons. The fourth-order valence-electron chi connectivity index (χ4n) is 7.21. The van der Waals surface area contributed by atoms with Gasteiger partial charge in [-0.3, -0.25) is 14.6 Å². The predicted molar refractivity (Wildman–Crippen MR) is 128 cm³/mol. The zero-order valence-electron chi connectivity index (χ0n) is 19.6. The standard InChI is InChI=1S/C27H31N5O2/c1-31(16-18-4-2-6-28-15-18)26(34)23-11-24-22(5-3-7-32(24)30-23)25(33)29-17-27-12-19-8-20(13-27)10-21(9-19)14-27/h2-7,11,15,19-21H,8-10,12-14,16-17H2,1H3,(H,29,33). The van der Waals surface area contributed by atoms with E-state index in [1.807, 2.05) is 24.3 Å². The highest BCUT2D eigenvalue weighted by atomic mass is 16.2. The summed E-state index contributed by atoms with van der Waals surface area (Å²) in [5.74, 6) is 2.31. The van der Waals surface area contributed by atoms with E-state index in [0.29, 0.717) is 23.3 Å². The molecule has 0 aliphatic heterocycles. The monoisotopic (exact) mass is 457 g/mol. The average Bonchev–Trinajstić information content (AvgIpc) is 3.26. The highest BCUT2D eigenvalue weighted by molar-refractivity contribution is 6.02. The second kappa shape index (κ2) is 8.22. The quantitative estimate of drug-likeness (QED) is 0.608. The molecule has 1 N–H and O–H groups in total. The third kappa shape index (κ3) is 3.87. The minimum Gasteiger partial charge on any atom is -0.351 e. The number of hydrogen-bond donors (Lipinski definition) is 1. The maximum Gasteiger partial charge on any atom is 0.274 e. The van der Waals surface area contributed by atoms with Gasteiger partial charge in [0, 0.05) is 38.7 Å². The van der Waals surface area contributed by atoms with Gasteiger partial charge >= 0.3 is 0 Å². The topological polar surface area (TPSA) is 79.6 Å². The summed E-state index contributed by atoms with van der Waals surface area (Å²) in [5, 5.41) is 7.72. The molecule has 4 aliphatic rings. The second-order valence-corrected chi connectivity index (χ2v) is 10.9. The Hall–Kier alpha value is -3.22. The van der Waals surface area contributed by atoms with Crippen molar-refractivity contribution < 1.29 is 9.59 Å². The van der Waals surface area contributed by atoms with Gasteiger partial charge in [-0.25, -0.2) is 4.52 Å². The summed E-state index contributed by atoms with van der Waals surface area (Å²) in [6.07, 6.45) is 13.2. The largest absolute Gasteiger partial charge is 0.351 e. The van der Waals surface area contributed by atoms with Gasteiger partial charge in [0.15, 0.2) is 5.69 Å². The van der Waals surface area contributed by atoms with Crippen LogP contribution in [0.15, 0.2) is 48.9 Å². The van der Waals surface area contributed by atoms with Crippen LogP contribution in [0.3, 0.4) is 0 Å². The Kier molecular flexibility index (Phi) is 5.15. The molecular weight excluding hydrogens is 426 g/mol. The van der Waals surface area contributed by atoms with Gasteiger partial charge in [0.1, 0.15) is 0 Å². The van der Waals surface area contributed by atoms with Crippen LogP contribution < -0.4 is 5.32 Å². The Morgan fingerprint density at radius 3 is 2.53 bits per heavy atom. The molecule has 0 atom stereocenters. The number of pyridine rings is 2. The fraction of sp³-hybridized carbons (Fsp3) is 0.481. The van der Waals surface area contributed by atoms with Crippen molar-refractivity contribution >= 4 is 17.3 Å². The van der Waals surface area contributed by atoms with E-state index in [-0.39, 0.29) is 17.2 Å². The van der Waals surface area contributed by atoms with Crippen molar-refractivity contribution in [3.63, 3.8) is 0 Å². The van der Waals surface area contributed by atoms with E-state index in [4.69, 9.17) is 0 Å². The number of fused-ring (bicyclic) bond motifs is 1. The fourth-order valence-corrected chi connectivity index (χ4v) is 7.21. The van der Waals surface area contributed by atoms with Crippen LogP contribution in [0.5, 0.6) is 0 Å². The maximum absolute atomic E-state index is 13.3. The van der Waals surface area contributed by atoms with E-state index >= 15 is 0 Å². The molecule has 4 aliphatic carbocycles. The molecule has 7 rings (SSSR count). The van der Waals surface area contributed by atoms with Gasteiger partial charge in [-0.05, 0) is 91.5 Å². The normalized spacial score (nSPS) is 27.1. The smallest absolute Gasteiger partial charge is 0.274 e. The third-order valence-corrected chi connectivity index (χ3v) is 8.24. The molecule has 2 amide bonds. The SMILES string of the molecule is CN(Cc1cccnc1)C(=O)c1cc2c(C(=O)NCC34CC5CC(CC(C5)C3)C4)cccn2n1. The molecule has 0 unspecified atom stereocenters. The van der Waals surface area contributed by atoms with Gasteiger partial charge in [-0.2, -0.15) is 5.10 Å². The van der Waals surface area contributed by atoms with Crippen LogP contribution in [0.4, 0.5) is 0 Å². The van der Waals surface area contributed by atoms with Gasteiger partial charge in [-0.1, -0.05) is 6.07 Å². The lowest BCUT2D eigenvalue weighted by Gasteiger charge is -2.56. The van der Waals surface area contributed by atoms with Crippen LogP contribution in [0, 0.1) is 23.2 Å². The molecule has 4 fully saturated rings. The lowest BCUT2D eigenvalue weighted by atomic mass is 9.49. The van der Waals surface area contributed by atoms with E-state index in [0.717, 1.165) is 29.9 Å². The third-order valence-electron chi connectivity index (χ3n) is 8.24. The van der Waals surface area contributed by atoms with Crippen LogP contribution >= 0.6 is 0 Å². The minimum atomic E-state index is -0.188. The molecule has 34 heavy (non-hydrogen) atoms. The van der Waals surface area contributed by atoms with E-state index in [2.05, 4.69) is 15.4 Å². The second-order valence-electron chi connectivity index (χ2n) is 10.9. The van der Waals surface area contributed by atoms with Crippen LogP contribution in [-0.2, 0) is 6.54 Å². The number of rotatable bonds is 6. The first kappa shape index (κ1) is 21.3. The van der Waals surface area contributed by atoms with Crippen LogP contribution in [0.2, 0.25) is 0 Å². The molecule has 3 aromatic heterocycles. The molecule has 0 aromatic carbocycles. The number of nitrogens with one attached hydrogen (secondary N) is 1. The summed E-state index contributed by atoms with van der Waals surface area (Å²) >= 11 is 0. The Balaban J connectivity index is 1.18. The molecule has 3 aromatic rings. The Labute approximate surface area is 199 Å². The summed E-state index contributed by atoms with van der Waals surface area (Å²) in [4.78, 5) is 32.0. The van der Waals surface area contributed by atoms with Crippen molar-refractivity contribution in [3.05, 3.63) is 65.7 Å². The lowest BCUT2D eigenvalue weighted by molar-refractivity contribution is -0.0503. The summed E-state index contributed by atoms with van der Waals surface area (Å²) < 4.78 is 1.63. The van der Waals surface area contributed by atoms with Crippen molar-refractivity contribution in [2.75, 3.05) is 13.6 Å². The maximum atomic E-state index is 13.3. The van der Waals surface area contributed by atoms with Crippen molar-refractivity contribution in [1.82, 2.24) is 24.8 Å². The number of nitrogens with zero attached hydrogens (tertiary/aromatic N) is 4. The highest BCUT2D eigenvalue weighted by Gasteiger charge is 2.50. The van der Waals surface area contributed by atoms with Crippen molar-refractivity contribution in [2.45, 2.75) is 45.1 Å². The van der Waals surface area contributed by atoms with Crippen LogP contribution in [0.25, 0.3) is 5.52 Å². The lowest BCUT2D eigenvalue weighted by Crippen LogP contribution is -2.51. The van der Waals surface area contributed by atoms with E-state index in [1.165, 1.54) is 38.5 Å². The van der Waals surface area contributed by atoms with Gasteiger partial charge < -0.3 is 10.2 Å². The molecular formula is C27H31N5O2. The predicted octanol–water partition coefficient (Wildman–Crippen LogP) is 3.95. The highest BCUT2D eigenvalue weighted by Crippen LogP contribution is 2.59. The minimum absolute atomic E-state index is 0.0797. The van der Waals surface area contributed by atoms with Gasteiger partial charge in [0.2, 0.25) is 0 Å². The average molecular weight is 458 g/mol. The van der Waals surface area contributed by atoms with Gasteiger partial charge in [0.25, 0.3) is 11.8 Å². The van der Waals surface area contributed by atoms with E-state index in [9.17, 15) is 9.59 Å². The number of carbonyl (C=O) groups is 2. The first-order chi connectivity index (χ1) is 16.5. The summed E-state index contributed by atoms with van der Waals surface area (Å²) in [6.45, 7) is 1.20. The molecule has 0 spiro atoms. The van der Waals surface area contributed by atoms with Crippen molar-refractivity contribution in [3.8, 4) is 0 Å². The first-order valence-corrected chi connectivity index (χ1v) is 12.4. The molecule has 4 saturated carbocycles. The van der Waals surface area contributed by atoms with E-state index < -0.39 is 0 Å². The van der Waals surface area contributed by atoms with Crippen molar-refractivity contribution in [2.24, 2.45) is 23.2 Å². The zero-order valence-corrected chi connectivity index (χ0v) is 19.6. The van der Waals surface area contributed by atoms with E-state index in [1.54, 1.807) is 41.1 Å². The summed E-state index contributed by atoms with van der Waals surface area (Å²) in [7, 11) is 1.75. The Bertz CT molecular complexity index is 1200. The summed E-state index contributed by atoms with van der Waals surface area (Å²) in [5.41, 5.74) is 2.78. The molecule has 0 radical (unpaired) electrons. The Morgan fingerprint density at radius 1 is 1.12 bits per heavy atom. The van der Waals surface area contributed by atoms with Crippen molar-refractivity contribution in [1.29, 1.82) is 0 Å². The molecule has 7 heteroatoms. The van der Waals surface area contributed by atoms with Gasteiger partial charge in [0.05, 0.1) is 11.1 Å². The van der Waals surface area contributed by atoms with Crippen LogP contribution in [0.1, 0.15) is 64.9 Å². The Morgan fingerprint density at radius 2 is 1.85 bits per heavy atom. The molecule has 4 bridgehead atoms. The summed E-state index contributed by atoms with van der Waals surface area (Å²) in [6, 6.07) is 9.15. The number of hydrogen-bond acceptors (Lipinski definition) is 4. The zero-order chi connectivity index (χ0) is 23.3. The number of amides is 2. The number of carbonyl (C=O) groups excluding carboxylic acids is 2. The molecule has 3 heterocycles. The molecule has 7 nitrogen and oxygen atoms in total. The van der Waals surface area contributed by atoms with Gasteiger partial charge in [-0.15, -0.1) is 0 Å². The van der Waals surface area contributed by atoms with Crippen LogP contribution in [-0.4, -0.2) is 44.9 Å². The molecule has 0 saturated heterocycles. The first-order valence-electron chi connectivity index (χ1n) is 12.4. The number of aromatic nitrogens is 3.